The molecule has 2 aromatic carbocycles. The molecular weight excluding hydrogens is 360 g/mol. The molecule has 5 heteroatoms. The Labute approximate surface area is 170 Å². The van der Waals surface area contributed by atoms with Crippen LogP contribution in [0.1, 0.15) is 39.8 Å². The molecule has 0 bridgehead atoms. The van der Waals surface area contributed by atoms with Crippen molar-refractivity contribution in [2.45, 2.75) is 32.9 Å². The fourth-order valence-electron chi connectivity index (χ4n) is 4.56. The van der Waals surface area contributed by atoms with Crippen molar-refractivity contribution in [2.75, 3.05) is 13.7 Å². The monoisotopic (exact) mass is 386 g/mol. The largest absolute Gasteiger partial charge is 0.496 e. The maximum atomic E-state index is 5.65. The second-order valence-electron chi connectivity index (χ2n) is 7.86. The molecule has 5 nitrogen and oxygen atoms in total. The summed E-state index contributed by atoms with van der Waals surface area (Å²) in [6, 6.07) is 17.3. The standard InChI is InChI=1S/C24H26N4O/c1-15-12-16(2)28(27-15)14-18-13-17(8-9-22(18)29-3)23-24-20(10-11-25-23)19-6-4-5-7-21(19)26-24/h4-9,12-13,23,25-26H,10-11,14H2,1-3H3. The molecular formula is C24H26N4O. The number of benzene rings is 2. The fraction of sp³-hybridized carbons (Fsp3) is 0.292. The molecule has 1 atom stereocenters. The number of hydrogen-bond acceptors (Lipinski definition) is 3. The molecule has 29 heavy (non-hydrogen) atoms. The summed E-state index contributed by atoms with van der Waals surface area (Å²) in [5.74, 6) is 0.897. The first-order valence-electron chi connectivity index (χ1n) is 10.1. The molecule has 0 fully saturated rings. The van der Waals surface area contributed by atoms with E-state index in [0.29, 0.717) is 6.54 Å². The Balaban J connectivity index is 1.56. The molecule has 0 spiro atoms. The number of hydrogen-bond donors (Lipinski definition) is 2. The second kappa shape index (κ2) is 7.08. The van der Waals surface area contributed by atoms with E-state index in [1.165, 1.54) is 27.7 Å². The van der Waals surface area contributed by atoms with Crippen molar-refractivity contribution in [3.05, 3.63) is 82.3 Å². The van der Waals surface area contributed by atoms with Gasteiger partial charge in [-0.15, -0.1) is 0 Å². The highest BCUT2D eigenvalue weighted by molar-refractivity contribution is 5.85. The Morgan fingerprint density at radius 3 is 2.79 bits per heavy atom. The van der Waals surface area contributed by atoms with Gasteiger partial charge in [0, 0.05) is 34.4 Å². The van der Waals surface area contributed by atoms with Crippen molar-refractivity contribution in [1.29, 1.82) is 0 Å². The van der Waals surface area contributed by atoms with E-state index >= 15 is 0 Å². The smallest absolute Gasteiger partial charge is 0.123 e. The summed E-state index contributed by atoms with van der Waals surface area (Å²) in [5, 5.41) is 9.67. The molecule has 1 aliphatic heterocycles. The van der Waals surface area contributed by atoms with E-state index in [4.69, 9.17) is 4.74 Å². The predicted molar refractivity (Wildman–Crippen MR) is 116 cm³/mol. The van der Waals surface area contributed by atoms with Crippen LogP contribution in [0.5, 0.6) is 5.75 Å². The maximum Gasteiger partial charge on any atom is 0.123 e. The van der Waals surface area contributed by atoms with Crippen LogP contribution in [-0.4, -0.2) is 28.4 Å². The molecule has 0 amide bonds. The zero-order valence-electron chi connectivity index (χ0n) is 17.1. The van der Waals surface area contributed by atoms with Gasteiger partial charge in [-0.05, 0) is 55.7 Å². The topological polar surface area (TPSA) is 54.9 Å². The number of rotatable bonds is 4. The number of nitrogens with zero attached hydrogens (tertiary/aromatic N) is 2. The lowest BCUT2D eigenvalue weighted by atomic mass is 9.93. The van der Waals surface area contributed by atoms with E-state index < -0.39 is 0 Å². The summed E-state index contributed by atoms with van der Waals surface area (Å²) in [6.07, 6.45) is 1.05. The van der Waals surface area contributed by atoms with Crippen LogP contribution in [0.2, 0.25) is 0 Å². The van der Waals surface area contributed by atoms with Crippen molar-refractivity contribution in [1.82, 2.24) is 20.1 Å². The minimum absolute atomic E-state index is 0.149. The Morgan fingerprint density at radius 2 is 2.00 bits per heavy atom. The zero-order valence-corrected chi connectivity index (χ0v) is 17.1. The lowest BCUT2D eigenvalue weighted by Gasteiger charge is -2.25. The van der Waals surface area contributed by atoms with Gasteiger partial charge in [0.2, 0.25) is 0 Å². The number of fused-ring (bicyclic) bond motifs is 3. The molecule has 1 unspecified atom stereocenters. The van der Waals surface area contributed by atoms with Gasteiger partial charge in [0.1, 0.15) is 5.75 Å². The van der Waals surface area contributed by atoms with Gasteiger partial charge in [-0.1, -0.05) is 24.3 Å². The minimum atomic E-state index is 0.149. The third-order valence-corrected chi connectivity index (χ3v) is 5.92. The third kappa shape index (κ3) is 3.12. The zero-order chi connectivity index (χ0) is 20.0. The van der Waals surface area contributed by atoms with Crippen LogP contribution < -0.4 is 10.1 Å². The van der Waals surface area contributed by atoms with E-state index in [1.807, 2.05) is 11.6 Å². The summed E-state index contributed by atoms with van der Waals surface area (Å²) >= 11 is 0. The van der Waals surface area contributed by atoms with Crippen LogP contribution >= 0.6 is 0 Å². The maximum absolute atomic E-state index is 5.65. The highest BCUT2D eigenvalue weighted by Gasteiger charge is 2.25. The normalized spacial score (nSPS) is 16.2. The minimum Gasteiger partial charge on any atom is -0.496 e. The quantitative estimate of drug-likeness (QED) is 0.551. The summed E-state index contributed by atoms with van der Waals surface area (Å²) < 4.78 is 7.70. The summed E-state index contributed by atoms with van der Waals surface area (Å²) in [4.78, 5) is 3.66. The molecule has 3 heterocycles. The molecule has 0 radical (unpaired) electrons. The van der Waals surface area contributed by atoms with Gasteiger partial charge in [-0.25, -0.2) is 0 Å². The first-order chi connectivity index (χ1) is 14.1. The molecule has 5 rings (SSSR count). The summed E-state index contributed by atoms with van der Waals surface area (Å²) in [6.45, 7) is 5.79. The van der Waals surface area contributed by atoms with E-state index in [1.54, 1.807) is 7.11 Å². The lowest BCUT2D eigenvalue weighted by molar-refractivity contribution is 0.406. The number of aromatic amines is 1. The number of para-hydroxylation sites is 1. The summed E-state index contributed by atoms with van der Waals surface area (Å²) in [7, 11) is 1.73. The van der Waals surface area contributed by atoms with Gasteiger partial charge >= 0.3 is 0 Å². The van der Waals surface area contributed by atoms with E-state index in [2.05, 4.69) is 70.9 Å². The van der Waals surface area contributed by atoms with E-state index in [-0.39, 0.29) is 6.04 Å². The lowest BCUT2D eigenvalue weighted by Crippen LogP contribution is -2.30. The Bertz CT molecular complexity index is 1190. The molecule has 0 saturated heterocycles. The van der Waals surface area contributed by atoms with Crippen molar-refractivity contribution in [2.24, 2.45) is 0 Å². The van der Waals surface area contributed by atoms with Gasteiger partial charge in [0.15, 0.2) is 0 Å². The number of ether oxygens (including phenoxy) is 1. The SMILES string of the molecule is COc1ccc(C2NCCc3c2[nH]c2ccccc32)cc1Cn1nc(C)cc1C. The number of aryl methyl sites for hydroxylation is 2. The van der Waals surface area contributed by atoms with Gasteiger partial charge in [-0.2, -0.15) is 5.10 Å². The highest BCUT2D eigenvalue weighted by Crippen LogP contribution is 2.35. The first kappa shape index (κ1) is 18.0. The van der Waals surface area contributed by atoms with Crippen LogP contribution in [-0.2, 0) is 13.0 Å². The molecule has 0 aliphatic carbocycles. The molecule has 2 aromatic heterocycles. The Hall–Kier alpha value is -3.05. The van der Waals surface area contributed by atoms with Crippen LogP contribution in [0, 0.1) is 13.8 Å². The van der Waals surface area contributed by atoms with Crippen LogP contribution in [0.4, 0.5) is 0 Å². The fourth-order valence-corrected chi connectivity index (χ4v) is 4.56. The molecule has 148 valence electrons. The van der Waals surface area contributed by atoms with E-state index in [0.717, 1.165) is 35.7 Å². The van der Waals surface area contributed by atoms with Gasteiger partial charge in [0.25, 0.3) is 0 Å². The molecule has 1 aliphatic rings. The van der Waals surface area contributed by atoms with Gasteiger partial charge in [0.05, 0.1) is 25.4 Å². The predicted octanol–water partition coefficient (Wildman–Crippen LogP) is 4.27. The molecule has 4 aromatic rings. The van der Waals surface area contributed by atoms with Crippen molar-refractivity contribution >= 4 is 10.9 Å². The first-order valence-corrected chi connectivity index (χ1v) is 10.1. The van der Waals surface area contributed by atoms with Crippen LogP contribution in [0.25, 0.3) is 10.9 Å². The second-order valence-corrected chi connectivity index (χ2v) is 7.86. The highest BCUT2D eigenvalue weighted by atomic mass is 16.5. The summed E-state index contributed by atoms with van der Waals surface area (Å²) in [5.41, 5.74) is 8.50. The number of methoxy groups -OCH3 is 1. The van der Waals surface area contributed by atoms with Crippen molar-refractivity contribution < 1.29 is 4.74 Å². The average Bonchev–Trinajstić information content (AvgIpc) is 3.26. The third-order valence-electron chi connectivity index (χ3n) is 5.92. The number of H-pyrrole nitrogens is 1. The Kier molecular flexibility index (Phi) is 4.40. The van der Waals surface area contributed by atoms with Crippen LogP contribution in [0.3, 0.4) is 0 Å². The average molecular weight is 386 g/mol. The number of nitrogens with one attached hydrogen (secondary N) is 2. The van der Waals surface area contributed by atoms with Crippen molar-refractivity contribution in [3.8, 4) is 5.75 Å². The number of aromatic nitrogens is 3. The van der Waals surface area contributed by atoms with Crippen LogP contribution in [0.15, 0.2) is 48.5 Å². The van der Waals surface area contributed by atoms with Crippen molar-refractivity contribution in [3.63, 3.8) is 0 Å². The molecule has 2 N–H and O–H groups in total. The Morgan fingerprint density at radius 1 is 1.14 bits per heavy atom. The van der Waals surface area contributed by atoms with E-state index in [9.17, 15) is 0 Å². The molecule has 0 saturated carbocycles. The van der Waals surface area contributed by atoms with Gasteiger partial charge in [-0.3, -0.25) is 4.68 Å². The van der Waals surface area contributed by atoms with Gasteiger partial charge < -0.3 is 15.0 Å².